The largest absolute Gasteiger partial charge is 0.480 e. The molecule has 0 atom stereocenters. The lowest BCUT2D eigenvalue weighted by Crippen LogP contribution is -2.13. The zero-order chi connectivity index (χ0) is 13.8. The minimum Gasteiger partial charge on any atom is -0.480 e. The fourth-order valence-corrected chi connectivity index (χ4v) is 1.98. The van der Waals surface area contributed by atoms with Gasteiger partial charge in [0, 0.05) is 18.3 Å². The van der Waals surface area contributed by atoms with Crippen LogP contribution in [0, 0.1) is 0 Å². The van der Waals surface area contributed by atoms with Gasteiger partial charge < -0.3 is 14.8 Å². The first-order valence-corrected chi connectivity index (χ1v) is 5.75. The average Bonchev–Trinajstić information content (AvgIpc) is 2.73. The Hall–Kier alpha value is -2.56. The predicted molar refractivity (Wildman–Crippen MR) is 68.3 cm³/mol. The number of carboxylic acid groups (broad SMARTS) is 2. The molecule has 5 nitrogen and oxygen atoms in total. The zero-order valence-electron chi connectivity index (χ0n) is 10.1. The van der Waals surface area contributed by atoms with Gasteiger partial charge in [-0.25, -0.2) is 4.79 Å². The van der Waals surface area contributed by atoms with E-state index >= 15 is 0 Å². The number of carboxylic acids is 2. The van der Waals surface area contributed by atoms with E-state index in [0.29, 0.717) is 12.1 Å². The van der Waals surface area contributed by atoms with E-state index < -0.39 is 11.9 Å². The van der Waals surface area contributed by atoms with Crippen molar-refractivity contribution in [2.24, 2.45) is 0 Å². The molecule has 0 fully saturated rings. The predicted octanol–water partition coefficient (Wildman–Crippen LogP) is 1.86. The minimum atomic E-state index is -1.05. The van der Waals surface area contributed by atoms with Crippen molar-refractivity contribution in [1.29, 1.82) is 0 Å². The molecular weight excluding hydrogens is 246 g/mol. The molecule has 0 bridgehead atoms. The van der Waals surface area contributed by atoms with Crippen LogP contribution < -0.4 is 0 Å². The molecule has 1 aromatic carbocycles. The number of aromatic carboxylic acids is 1. The van der Waals surface area contributed by atoms with Crippen molar-refractivity contribution in [2.45, 2.75) is 13.0 Å². The van der Waals surface area contributed by atoms with Gasteiger partial charge in [-0.05, 0) is 11.6 Å². The highest BCUT2D eigenvalue weighted by Gasteiger charge is 2.16. The SMILES string of the molecule is O=C(O)Cn1ccc(C(=O)O)c1Cc1ccccc1. The Bertz CT molecular complexity index is 601. The Labute approximate surface area is 109 Å². The third-order valence-corrected chi connectivity index (χ3v) is 2.83. The molecule has 0 saturated heterocycles. The van der Waals surface area contributed by atoms with Crippen molar-refractivity contribution in [3.8, 4) is 0 Å². The number of rotatable bonds is 5. The summed E-state index contributed by atoms with van der Waals surface area (Å²) < 4.78 is 1.46. The van der Waals surface area contributed by atoms with Crippen molar-refractivity contribution < 1.29 is 19.8 Å². The van der Waals surface area contributed by atoms with Crippen LogP contribution in [-0.4, -0.2) is 26.7 Å². The number of nitrogens with zero attached hydrogens (tertiary/aromatic N) is 1. The lowest BCUT2D eigenvalue weighted by molar-refractivity contribution is -0.137. The molecule has 1 aromatic heterocycles. The summed E-state index contributed by atoms with van der Waals surface area (Å²) in [5.74, 6) is -2.04. The molecule has 0 amide bonds. The molecule has 1 heterocycles. The summed E-state index contributed by atoms with van der Waals surface area (Å²) >= 11 is 0. The lowest BCUT2D eigenvalue weighted by Gasteiger charge is -2.08. The van der Waals surface area contributed by atoms with Crippen LogP contribution in [0.1, 0.15) is 21.6 Å². The molecule has 0 radical (unpaired) electrons. The molecule has 98 valence electrons. The fourth-order valence-electron chi connectivity index (χ4n) is 1.98. The second-order valence-corrected chi connectivity index (χ2v) is 4.17. The summed E-state index contributed by atoms with van der Waals surface area (Å²) in [4.78, 5) is 21.9. The van der Waals surface area contributed by atoms with Gasteiger partial charge in [0.25, 0.3) is 0 Å². The molecule has 19 heavy (non-hydrogen) atoms. The Morgan fingerprint density at radius 1 is 1.05 bits per heavy atom. The van der Waals surface area contributed by atoms with Crippen LogP contribution in [0.25, 0.3) is 0 Å². The number of hydrogen-bond acceptors (Lipinski definition) is 2. The van der Waals surface area contributed by atoms with E-state index in [4.69, 9.17) is 10.2 Å². The van der Waals surface area contributed by atoms with E-state index in [0.717, 1.165) is 5.56 Å². The molecule has 2 rings (SSSR count). The molecule has 0 aliphatic rings. The van der Waals surface area contributed by atoms with E-state index in [1.807, 2.05) is 30.3 Å². The summed E-state index contributed by atoms with van der Waals surface area (Å²) in [6.07, 6.45) is 1.89. The van der Waals surface area contributed by atoms with E-state index in [1.54, 1.807) is 0 Å². The van der Waals surface area contributed by atoms with Gasteiger partial charge in [-0.2, -0.15) is 0 Å². The molecule has 0 unspecified atom stereocenters. The first-order valence-electron chi connectivity index (χ1n) is 5.75. The Morgan fingerprint density at radius 3 is 2.32 bits per heavy atom. The summed E-state index contributed by atoms with van der Waals surface area (Å²) in [7, 11) is 0. The molecule has 2 aromatic rings. The second-order valence-electron chi connectivity index (χ2n) is 4.17. The Balaban J connectivity index is 2.37. The minimum absolute atomic E-state index is 0.144. The fraction of sp³-hybridized carbons (Fsp3) is 0.143. The summed E-state index contributed by atoms with van der Waals surface area (Å²) in [6, 6.07) is 10.8. The number of hydrogen-bond donors (Lipinski definition) is 2. The standard InChI is InChI=1S/C14H13NO4/c16-13(17)9-15-7-6-11(14(18)19)12(15)8-10-4-2-1-3-5-10/h1-7H,8-9H2,(H,16,17)(H,18,19). The highest BCUT2D eigenvalue weighted by molar-refractivity contribution is 5.89. The number of aliphatic carboxylic acids is 1. The van der Waals surface area contributed by atoms with Crippen LogP contribution in [0.5, 0.6) is 0 Å². The quantitative estimate of drug-likeness (QED) is 0.859. The summed E-state index contributed by atoms with van der Waals surface area (Å²) in [5.41, 5.74) is 1.58. The third-order valence-electron chi connectivity index (χ3n) is 2.83. The number of benzene rings is 1. The molecule has 0 saturated carbocycles. The van der Waals surface area contributed by atoms with Crippen molar-refractivity contribution in [3.63, 3.8) is 0 Å². The van der Waals surface area contributed by atoms with Crippen LogP contribution in [0.3, 0.4) is 0 Å². The van der Waals surface area contributed by atoms with Gasteiger partial charge in [0.05, 0.1) is 5.56 Å². The van der Waals surface area contributed by atoms with Gasteiger partial charge in [-0.1, -0.05) is 30.3 Å². The Morgan fingerprint density at radius 2 is 1.74 bits per heavy atom. The highest BCUT2D eigenvalue weighted by Crippen LogP contribution is 2.16. The average molecular weight is 259 g/mol. The van der Waals surface area contributed by atoms with E-state index in [9.17, 15) is 9.59 Å². The summed E-state index contributed by atoms with van der Waals surface area (Å²) in [6.45, 7) is -0.241. The molecular formula is C14H13NO4. The van der Waals surface area contributed by atoms with Crippen LogP contribution in [0.4, 0.5) is 0 Å². The maximum absolute atomic E-state index is 11.2. The van der Waals surface area contributed by atoms with Crippen LogP contribution in [-0.2, 0) is 17.8 Å². The van der Waals surface area contributed by atoms with Crippen LogP contribution in [0.15, 0.2) is 42.6 Å². The van der Waals surface area contributed by atoms with E-state index in [-0.39, 0.29) is 12.1 Å². The second kappa shape index (κ2) is 5.39. The van der Waals surface area contributed by atoms with Crippen molar-refractivity contribution in [2.75, 3.05) is 0 Å². The van der Waals surface area contributed by atoms with Gasteiger partial charge >= 0.3 is 11.9 Å². The normalized spacial score (nSPS) is 10.3. The maximum atomic E-state index is 11.2. The molecule has 5 heteroatoms. The number of carbonyl (C=O) groups is 2. The van der Waals surface area contributed by atoms with Crippen molar-refractivity contribution in [1.82, 2.24) is 4.57 Å². The summed E-state index contributed by atoms with van der Waals surface area (Å²) in [5, 5.41) is 18.0. The molecule has 0 spiro atoms. The molecule has 0 aliphatic heterocycles. The van der Waals surface area contributed by atoms with Crippen LogP contribution >= 0.6 is 0 Å². The van der Waals surface area contributed by atoms with E-state index in [2.05, 4.69) is 0 Å². The van der Waals surface area contributed by atoms with Gasteiger partial charge in [0.15, 0.2) is 0 Å². The molecule has 0 aliphatic carbocycles. The lowest BCUT2D eigenvalue weighted by atomic mass is 10.1. The molecule has 2 N–H and O–H groups in total. The highest BCUT2D eigenvalue weighted by atomic mass is 16.4. The first-order chi connectivity index (χ1) is 9.08. The van der Waals surface area contributed by atoms with Gasteiger partial charge in [0.1, 0.15) is 6.54 Å². The monoisotopic (exact) mass is 259 g/mol. The van der Waals surface area contributed by atoms with Crippen molar-refractivity contribution in [3.05, 3.63) is 59.4 Å². The van der Waals surface area contributed by atoms with Gasteiger partial charge in [-0.15, -0.1) is 0 Å². The Kier molecular flexibility index (Phi) is 3.66. The van der Waals surface area contributed by atoms with Crippen molar-refractivity contribution >= 4 is 11.9 Å². The van der Waals surface area contributed by atoms with Crippen LogP contribution in [0.2, 0.25) is 0 Å². The smallest absolute Gasteiger partial charge is 0.337 e. The van der Waals surface area contributed by atoms with Gasteiger partial charge in [0.2, 0.25) is 0 Å². The number of aromatic nitrogens is 1. The third kappa shape index (κ3) is 3.01. The topological polar surface area (TPSA) is 79.5 Å². The zero-order valence-corrected chi connectivity index (χ0v) is 10.1. The van der Waals surface area contributed by atoms with E-state index in [1.165, 1.54) is 16.8 Å². The van der Waals surface area contributed by atoms with Gasteiger partial charge in [-0.3, -0.25) is 4.79 Å². The first kappa shape index (κ1) is 12.9. The maximum Gasteiger partial charge on any atom is 0.337 e.